The zero-order valence-corrected chi connectivity index (χ0v) is 10.9. The average Bonchev–Trinajstić information content (AvgIpc) is 2.99. The molecule has 3 N–H and O–H groups in total. The van der Waals surface area contributed by atoms with Gasteiger partial charge in [-0.2, -0.15) is 5.26 Å². The second kappa shape index (κ2) is 4.74. The number of hydrogen-bond donors (Lipinski definition) is 2. The van der Waals surface area contributed by atoms with Crippen molar-refractivity contribution in [3.63, 3.8) is 0 Å². The van der Waals surface area contributed by atoms with Crippen LogP contribution < -0.4 is 11.1 Å². The number of nitrogens with zero attached hydrogens (tertiary/aromatic N) is 2. The van der Waals surface area contributed by atoms with Crippen LogP contribution in [0.15, 0.2) is 30.3 Å². The molecule has 5 heteroatoms. The molecule has 0 aliphatic carbocycles. The fourth-order valence-electron chi connectivity index (χ4n) is 2.68. The Balaban J connectivity index is 1.99. The second-order valence-corrected chi connectivity index (χ2v) is 4.77. The molecular weight excluding hydrogens is 252 g/mol. The number of aromatic nitrogens is 1. The van der Waals surface area contributed by atoms with Crippen LogP contribution in [-0.2, 0) is 13.0 Å². The van der Waals surface area contributed by atoms with Crippen molar-refractivity contribution in [1.29, 1.82) is 5.26 Å². The van der Waals surface area contributed by atoms with Gasteiger partial charge in [0.1, 0.15) is 11.8 Å². The first kappa shape index (κ1) is 12.3. The number of nitrogens with one attached hydrogen (secondary N) is 1. The summed E-state index contributed by atoms with van der Waals surface area (Å²) < 4.78 is 1.87. The summed E-state index contributed by atoms with van der Waals surface area (Å²) in [5, 5.41) is 12.0. The number of amides is 1. The van der Waals surface area contributed by atoms with E-state index < -0.39 is 0 Å². The Labute approximate surface area is 116 Å². The van der Waals surface area contributed by atoms with Crippen LogP contribution in [0, 0.1) is 11.3 Å². The number of para-hydroxylation sites is 1. The quantitative estimate of drug-likeness (QED) is 0.873. The Morgan fingerprint density at radius 2 is 2.10 bits per heavy atom. The van der Waals surface area contributed by atoms with Gasteiger partial charge in [-0.15, -0.1) is 0 Å². The molecule has 0 bridgehead atoms. The van der Waals surface area contributed by atoms with E-state index in [0.29, 0.717) is 16.9 Å². The molecule has 1 aromatic heterocycles. The molecule has 0 radical (unpaired) electrons. The zero-order chi connectivity index (χ0) is 14.1. The second-order valence-electron chi connectivity index (χ2n) is 4.77. The van der Waals surface area contributed by atoms with E-state index in [4.69, 9.17) is 5.73 Å². The summed E-state index contributed by atoms with van der Waals surface area (Å²) in [4.78, 5) is 12.4. The highest BCUT2D eigenvalue weighted by Gasteiger charge is 2.28. The predicted octanol–water partition coefficient (Wildman–Crippen LogP) is 2.14. The molecule has 0 saturated carbocycles. The highest BCUT2D eigenvalue weighted by molar-refractivity contribution is 6.07. The first-order valence-corrected chi connectivity index (χ1v) is 6.49. The number of rotatable bonds is 2. The maximum atomic E-state index is 12.4. The monoisotopic (exact) mass is 266 g/mol. The largest absolute Gasteiger partial charge is 0.396 e. The van der Waals surface area contributed by atoms with E-state index in [2.05, 4.69) is 11.4 Å². The average molecular weight is 266 g/mol. The van der Waals surface area contributed by atoms with Crippen LogP contribution in [0.1, 0.15) is 28.2 Å². The number of fused-ring (bicyclic) bond motifs is 1. The van der Waals surface area contributed by atoms with Crippen LogP contribution in [-0.4, -0.2) is 10.5 Å². The summed E-state index contributed by atoms with van der Waals surface area (Å²) in [6.45, 7) is 0.735. The van der Waals surface area contributed by atoms with E-state index in [1.807, 2.05) is 34.9 Å². The Hall–Kier alpha value is -2.74. The summed E-state index contributed by atoms with van der Waals surface area (Å²) in [6, 6.07) is 11.3. The first-order chi connectivity index (χ1) is 9.72. The molecule has 0 atom stereocenters. The van der Waals surface area contributed by atoms with Crippen LogP contribution in [0.25, 0.3) is 0 Å². The van der Waals surface area contributed by atoms with Gasteiger partial charge < -0.3 is 15.6 Å². The number of carbonyl (C=O) groups is 1. The summed E-state index contributed by atoms with van der Waals surface area (Å²) >= 11 is 0. The highest BCUT2D eigenvalue weighted by Crippen LogP contribution is 2.31. The van der Waals surface area contributed by atoms with Crippen molar-refractivity contribution >= 4 is 17.3 Å². The van der Waals surface area contributed by atoms with Crippen molar-refractivity contribution < 1.29 is 4.79 Å². The Kier molecular flexibility index (Phi) is 2.92. The van der Waals surface area contributed by atoms with Crippen molar-refractivity contribution in [3.05, 3.63) is 47.3 Å². The Bertz CT molecular complexity index is 710. The molecule has 1 aliphatic rings. The van der Waals surface area contributed by atoms with Crippen molar-refractivity contribution in [2.24, 2.45) is 0 Å². The van der Waals surface area contributed by atoms with E-state index >= 15 is 0 Å². The summed E-state index contributed by atoms with van der Waals surface area (Å²) in [7, 11) is 0. The lowest BCUT2D eigenvalue weighted by Gasteiger charge is -2.08. The molecule has 2 heterocycles. The number of carbonyl (C=O) groups excluding carboxylic acids is 1. The summed E-state index contributed by atoms with van der Waals surface area (Å²) in [5.41, 5.74) is 8.70. The SMILES string of the molecule is N#Cc1c(N)c(C(=O)Nc2ccccc2)n2c1CCC2. The van der Waals surface area contributed by atoms with Gasteiger partial charge in [-0.1, -0.05) is 18.2 Å². The van der Waals surface area contributed by atoms with Gasteiger partial charge in [0, 0.05) is 17.9 Å². The minimum absolute atomic E-state index is 0.265. The van der Waals surface area contributed by atoms with Gasteiger partial charge in [0.15, 0.2) is 0 Å². The fraction of sp³-hybridized carbons (Fsp3) is 0.200. The molecule has 100 valence electrons. The third-order valence-corrected chi connectivity index (χ3v) is 3.56. The molecule has 1 amide bonds. The molecule has 5 nitrogen and oxygen atoms in total. The van der Waals surface area contributed by atoms with Crippen molar-refractivity contribution in [3.8, 4) is 6.07 Å². The smallest absolute Gasteiger partial charge is 0.274 e. The van der Waals surface area contributed by atoms with Gasteiger partial charge in [0.2, 0.25) is 0 Å². The standard InChI is InChI=1S/C15H14N4O/c16-9-11-12-7-4-8-19(12)14(13(11)17)15(20)18-10-5-2-1-3-6-10/h1-3,5-6H,4,7-8,17H2,(H,18,20). The van der Waals surface area contributed by atoms with Gasteiger partial charge >= 0.3 is 0 Å². The van der Waals surface area contributed by atoms with Crippen LogP contribution in [0.5, 0.6) is 0 Å². The Morgan fingerprint density at radius 1 is 1.35 bits per heavy atom. The first-order valence-electron chi connectivity index (χ1n) is 6.49. The number of nitrogen functional groups attached to an aromatic ring is 1. The lowest BCUT2D eigenvalue weighted by molar-refractivity contribution is 0.101. The van der Waals surface area contributed by atoms with Crippen LogP contribution >= 0.6 is 0 Å². The van der Waals surface area contributed by atoms with Crippen LogP contribution in [0.4, 0.5) is 11.4 Å². The third-order valence-electron chi connectivity index (χ3n) is 3.56. The molecule has 0 unspecified atom stereocenters. The molecule has 0 fully saturated rings. The lowest BCUT2D eigenvalue weighted by atomic mass is 10.1. The van der Waals surface area contributed by atoms with E-state index in [1.165, 1.54) is 0 Å². The van der Waals surface area contributed by atoms with Crippen LogP contribution in [0.2, 0.25) is 0 Å². The molecule has 1 aliphatic heterocycles. The van der Waals surface area contributed by atoms with E-state index in [9.17, 15) is 10.1 Å². The number of nitriles is 1. The van der Waals surface area contributed by atoms with Gasteiger partial charge in [-0.3, -0.25) is 4.79 Å². The molecule has 3 rings (SSSR count). The molecule has 0 spiro atoms. The van der Waals surface area contributed by atoms with Crippen molar-refractivity contribution in [2.75, 3.05) is 11.1 Å². The normalized spacial score (nSPS) is 12.8. The molecule has 2 aromatic rings. The summed E-state index contributed by atoms with van der Waals surface area (Å²) in [6.07, 6.45) is 1.74. The number of anilines is 2. The van der Waals surface area contributed by atoms with Gasteiger partial charge in [-0.05, 0) is 25.0 Å². The highest BCUT2D eigenvalue weighted by atomic mass is 16.2. The maximum absolute atomic E-state index is 12.4. The van der Waals surface area contributed by atoms with E-state index in [-0.39, 0.29) is 11.6 Å². The van der Waals surface area contributed by atoms with Gasteiger partial charge in [0.25, 0.3) is 5.91 Å². The molecular formula is C15H14N4O. The third kappa shape index (κ3) is 1.82. The number of hydrogen-bond acceptors (Lipinski definition) is 3. The number of nitrogens with two attached hydrogens (primary N) is 1. The lowest BCUT2D eigenvalue weighted by Crippen LogP contribution is -2.18. The minimum Gasteiger partial charge on any atom is -0.396 e. The zero-order valence-electron chi connectivity index (χ0n) is 10.9. The molecule has 1 aromatic carbocycles. The number of benzene rings is 1. The van der Waals surface area contributed by atoms with Gasteiger partial charge in [0.05, 0.1) is 11.3 Å². The van der Waals surface area contributed by atoms with E-state index in [1.54, 1.807) is 0 Å². The minimum atomic E-state index is -0.265. The maximum Gasteiger partial charge on any atom is 0.274 e. The topological polar surface area (TPSA) is 83.8 Å². The fourth-order valence-corrected chi connectivity index (χ4v) is 2.68. The van der Waals surface area contributed by atoms with Crippen molar-refractivity contribution in [2.45, 2.75) is 19.4 Å². The molecule has 20 heavy (non-hydrogen) atoms. The van der Waals surface area contributed by atoms with Gasteiger partial charge in [-0.25, -0.2) is 0 Å². The predicted molar refractivity (Wildman–Crippen MR) is 76.3 cm³/mol. The Morgan fingerprint density at radius 3 is 2.80 bits per heavy atom. The molecule has 0 saturated heterocycles. The van der Waals surface area contributed by atoms with E-state index in [0.717, 1.165) is 25.1 Å². The van der Waals surface area contributed by atoms with Crippen molar-refractivity contribution in [1.82, 2.24) is 4.57 Å². The summed E-state index contributed by atoms with van der Waals surface area (Å²) in [5.74, 6) is -0.265. The van der Waals surface area contributed by atoms with Crippen LogP contribution in [0.3, 0.4) is 0 Å².